The molecule has 0 bridgehead atoms. The van der Waals surface area contributed by atoms with Gasteiger partial charge in [0.1, 0.15) is 5.78 Å². The van der Waals surface area contributed by atoms with Gasteiger partial charge in [0, 0.05) is 24.9 Å². The van der Waals surface area contributed by atoms with Gasteiger partial charge < -0.3 is 23.1 Å². The molecule has 0 radical (unpaired) electrons. The molecule has 45 heavy (non-hydrogen) atoms. The molecule has 10 heteroatoms. The fourth-order valence-electron chi connectivity index (χ4n) is 5.42. The van der Waals surface area contributed by atoms with Crippen LogP contribution in [0.5, 0.6) is 0 Å². The first-order valence-corrected chi connectivity index (χ1v) is 25.5. The van der Waals surface area contributed by atoms with Crippen molar-refractivity contribution in [2.45, 2.75) is 176 Å². The number of carbonyl (C=O) groups excluding carboxylic acids is 1. The van der Waals surface area contributed by atoms with Gasteiger partial charge in [0.15, 0.2) is 31.1 Å². The van der Waals surface area contributed by atoms with E-state index in [9.17, 15) is 14.7 Å². The van der Waals surface area contributed by atoms with Crippen LogP contribution in [0.1, 0.15) is 96.9 Å². The highest BCUT2D eigenvalue weighted by Gasteiger charge is 2.49. The van der Waals surface area contributed by atoms with Gasteiger partial charge in [-0.05, 0) is 73.8 Å². The summed E-state index contributed by atoms with van der Waals surface area (Å²) in [6.45, 7) is 38.2. The molecule has 7 nitrogen and oxygen atoms in total. The molecule has 0 amide bonds. The Balaban J connectivity index is 7.39. The number of carboxylic acids is 1. The first-order valence-electron chi connectivity index (χ1n) is 17.2. The molecule has 0 unspecified atom stereocenters. The maximum atomic E-state index is 12.9. The van der Waals surface area contributed by atoms with Crippen molar-refractivity contribution in [3.63, 3.8) is 0 Å². The van der Waals surface area contributed by atoms with E-state index in [2.05, 4.69) is 109 Å². The Morgan fingerprint density at radius 2 is 1.11 bits per heavy atom. The van der Waals surface area contributed by atoms with Gasteiger partial charge in [-0.15, -0.1) is 0 Å². The quantitative estimate of drug-likeness (QED) is 0.107. The van der Waals surface area contributed by atoms with Crippen molar-refractivity contribution in [2.75, 3.05) is 7.11 Å². The van der Waals surface area contributed by atoms with Gasteiger partial charge in [-0.1, -0.05) is 89.2 Å². The first kappa shape index (κ1) is 44.4. The van der Waals surface area contributed by atoms with E-state index in [1.807, 2.05) is 13.0 Å². The molecule has 0 aliphatic carbocycles. The molecule has 0 saturated carbocycles. The number of hydrogen-bond donors (Lipinski definition) is 1. The second-order valence-corrected chi connectivity index (χ2v) is 30.7. The Morgan fingerprint density at radius 3 is 1.42 bits per heavy atom. The number of ketones is 1. The fourth-order valence-corrected chi connectivity index (χ4v) is 11.0. The largest absolute Gasteiger partial charge is 0.479 e. The van der Waals surface area contributed by atoms with E-state index in [-0.39, 0.29) is 45.8 Å². The molecule has 0 aromatic rings. The van der Waals surface area contributed by atoms with Crippen molar-refractivity contribution in [1.29, 1.82) is 0 Å². The summed E-state index contributed by atoms with van der Waals surface area (Å²) >= 11 is 0. The van der Waals surface area contributed by atoms with Crippen molar-refractivity contribution in [3.05, 3.63) is 11.6 Å². The van der Waals surface area contributed by atoms with Crippen LogP contribution in [0.4, 0.5) is 0 Å². The molecule has 0 fully saturated rings. The summed E-state index contributed by atoms with van der Waals surface area (Å²) in [5.74, 6) is -1.63. The van der Waals surface area contributed by atoms with Gasteiger partial charge >= 0.3 is 5.97 Å². The van der Waals surface area contributed by atoms with Crippen molar-refractivity contribution in [1.82, 2.24) is 0 Å². The van der Waals surface area contributed by atoms with Crippen molar-refractivity contribution in [3.8, 4) is 0 Å². The minimum absolute atomic E-state index is 0.0331. The lowest BCUT2D eigenvalue weighted by atomic mass is 9.82. The van der Waals surface area contributed by atoms with Crippen LogP contribution in [-0.4, -0.2) is 73.3 Å². The zero-order chi connectivity index (χ0) is 35.9. The third kappa shape index (κ3) is 11.8. The molecule has 1 N–H and O–H groups in total. The zero-order valence-electron chi connectivity index (χ0n) is 32.6. The topological polar surface area (TPSA) is 91.3 Å². The first-order chi connectivity index (χ1) is 20.2. The maximum Gasteiger partial charge on any atom is 0.334 e. The van der Waals surface area contributed by atoms with Gasteiger partial charge in [0.05, 0.1) is 18.3 Å². The third-order valence-corrected chi connectivity index (χ3v) is 24.8. The lowest BCUT2D eigenvalue weighted by Gasteiger charge is -2.47. The summed E-state index contributed by atoms with van der Waals surface area (Å²) in [7, 11) is -5.34. The van der Waals surface area contributed by atoms with Crippen LogP contribution in [0.2, 0.25) is 54.4 Å². The van der Waals surface area contributed by atoms with Gasteiger partial charge in [-0.2, -0.15) is 0 Å². The molecular formula is C35H72O7Si3. The van der Waals surface area contributed by atoms with Crippen LogP contribution in [0, 0.1) is 17.8 Å². The lowest BCUT2D eigenvalue weighted by molar-refractivity contribution is -0.158. The Labute approximate surface area is 281 Å². The van der Waals surface area contributed by atoms with Crippen LogP contribution in [0.3, 0.4) is 0 Å². The van der Waals surface area contributed by atoms with Crippen molar-refractivity contribution < 1.29 is 32.7 Å². The van der Waals surface area contributed by atoms with E-state index >= 15 is 0 Å². The van der Waals surface area contributed by atoms with Crippen molar-refractivity contribution >= 4 is 36.7 Å². The molecule has 0 saturated heterocycles. The predicted octanol–water partition coefficient (Wildman–Crippen LogP) is 9.70. The Bertz CT molecular complexity index is 968. The number of ether oxygens (including phenoxy) is 1. The molecule has 7 atom stereocenters. The summed E-state index contributed by atoms with van der Waals surface area (Å²) in [5, 5.41) is 10.4. The monoisotopic (exact) mass is 688 g/mol. The molecular weight excluding hydrogens is 617 g/mol. The van der Waals surface area contributed by atoms with Crippen LogP contribution >= 0.6 is 0 Å². The van der Waals surface area contributed by atoms with Crippen LogP contribution in [0.15, 0.2) is 11.6 Å². The number of carboxylic acid groups (broad SMARTS) is 1. The second-order valence-electron chi connectivity index (χ2n) is 16.5. The fraction of sp³-hybridized carbons (Fsp3) is 0.886. The van der Waals surface area contributed by atoms with Crippen LogP contribution in [-0.2, 0) is 27.6 Å². The third-order valence-electron chi connectivity index (χ3n) is 11.2. The number of rotatable bonds is 19. The summed E-state index contributed by atoms with van der Waals surface area (Å²) in [5.41, 5.74) is 1.01. The van der Waals surface area contributed by atoms with Gasteiger partial charge in [0.2, 0.25) is 0 Å². The number of Topliss-reactive ketones (excluding diaryl/α,β-unsaturated/α-hetero) is 1. The smallest absolute Gasteiger partial charge is 0.334 e. The van der Waals surface area contributed by atoms with E-state index in [4.69, 9.17) is 18.0 Å². The average Bonchev–Trinajstić information content (AvgIpc) is 2.90. The summed E-state index contributed by atoms with van der Waals surface area (Å²) in [4.78, 5) is 25.2. The Morgan fingerprint density at radius 1 is 0.711 bits per heavy atom. The Hall–Kier alpha value is -0.629. The van der Waals surface area contributed by atoms with Crippen LogP contribution < -0.4 is 0 Å². The highest BCUT2D eigenvalue weighted by molar-refractivity contribution is 6.75. The van der Waals surface area contributed by atoms with Crippen LogP contribution in [0.25, 0.3) is 0 Å². The standard InChI is InChI=1S/C35H72O7Si3/c1-20-45(21-2,22-3)42-30(27(7)31(39-15)32(33(37)38)41-44(18,19)35(12,13)14)26(6)29(25(5)23-24(4)28(8)36)40-43(16,17)34(9,10)11/h23-24,26-27,29-32H,20-22H2,1-19H3,(H,37,38)/b25-23+/t24-,26+,27+,29-,30-,31-,32+/m0/s1. The number of methoxy groups -OCH3 is 1. The van der Waals surface area contributed by atoms with Gasteiger partial charge in [-0.25, -0.2) is 4.79 Å². The molecule has 0 spiro atoms. The number of allylic oxidation sites excluding steroid dienone is 1. The minimum Gasteiger partial charge on any atom is -0.479 e. The minimum atomic E-state index is -2.46. The molecule has 266 valence electrons. The highest BCUT2D eigenvalue weighted by Crippen LogP contribution is 2.43. The van der Waals surface area contributed by atoms with Crippen molar-refractivity contribution in [2.24, 2.45) is 17.8 Å². The molecule has 0 aromatic heterocycles. The molecule has 0 aromatic carbocycles. The lowest BCUT2D eigenvalue weighted by Crippen LogP contribution is -2.57. The van der Waals surface area contributed by atoms with Gasteiger partial charge in [-0.3, -0.25) is 4.79 Å². The van der Waals surface area contributed by atoms with Gasteiger partial charge in [0.25, 0.3) is 0 Å². The molecule has 0 rings (SSSR count). The zero-order valence-corrected chi connectivity index (χ0v) is 35.6. The molecule has 0 aliphatic heterocycles. The SMILES string of the molecule is CC[Si](CC)(CC)O[C@H]([C@@H](C)[C@H](OC)[C@@H](O[Si](C)(C)C(C)(C)C)C(=O)O)[C@H](C)[C@@H](O[Si](C)(C)C(C)(C)C)/C(C)=C/[C@H](C)C(C)=O. The molecule has 0 aliphatic rings. The predicted molar refractivity (Wildman–Crippen MR) is 197 cm³/mol. The van der Waals surface area contributed by atoms with E-state index in [0.717, 1.165) is 23.7 Å². The maximum absolute atomic E-state index is 12.9. The summed E-state index contributed by atoms with van der Waals surface area (Å²) < 4.78 is 27.3. The number of hydrogen-bond acceptors (Lipinski definition) is 6. The number of aliphatic carboxylic acids is 1. The van der Waals surface area contributed by atoms with E-state index in [1.54, 1.807) is 14.0 Å². The number of carbonyl (C=O) groups is 2. The normalized spacial score (nSPS) is 19.0. The average molecular weight is 689 g/mol. The Kier molecular flexibility index (Phi) is 16.9. The second kappa shape index (κ2) is 17.2. The van der Waals surface area contributed by atoms with E-state index in [0.29, 0.717) is 0 Å². The van der Waals surface area contributed by atoms with E-state index in [1.165, 1.54) is 0 Å². The molecule has 0 heterocycles. The van der Waals surface area contributed by atoms with E-state index < -0.39 is 43.1 Å². The summed E-state index contributed by atoms with van der Waals surface area (Å²) in [6, 6.07) is 2.88. The summed E-state index contributed by atoms with van der Waals surface area (Å²) in [6.07, 6.45) is -0.525. The highest BCUT2D eigenvalue weighted by atomic mass is 28.4.